The van der Waals surface area contributed by atoms with Crippen molar-refractivity contribution in [1.29, 1.82) is 0 Å². The van der Waals surface area contributed by atoms with Crippen LogP contribution in [0.1, 0.15) is 11.3 Å². The van der Waals surface area contributed by atoms with E-state index in [0.29, 0.717) is 27.1 Å². The first kappa shape index (κ1) is 12.0. The predicted molar refractivity (Wildman–Crippen MR) is 67.4 cm³/mol. The van der Waals surface area contributed by atoms with Crippen LogP contribution in [0, 0.1) is 19.7 Å². The van der Waals surface area contributed by atoms with Gasteiger partial charge in [-0.25, -0.2) is 9.37 Å². The molecule has 0 bridgehead atoms. The summed E-state index contributed by atoms with van der Waals surface area (Å²) in [5, 5.41) is 0. The number of aryl methyl sites for hydroxylation is 1. The van der Waals surface area contributed by atoms with Crippen LogP contribution < -0.4 is 5.56 Å². The van der Waals surface area contributed by atoms with Gasteiger partial charge in [-0.15, -0.1) is 0 Å². The number of aromatic amines is 1. The molecular formula is C12H10BrFN2O. The van der Waals surface area contributed by atoms with E-state index in [2.05, 4.69) is 25.9 Å². The third-order valence-electron chi connectivity index (χ3n) is 2.58. The van der Waals surface area contributed by atoms with Gasteiger partial charge in [0.25, 0.3) is 5.56 Å². The summed E-state index contributed by atoms with van der Waals surface area (Å²) in [6, 6.07) is 4.25. The standard InChI is InChI=1S/C12H10BrFN2O/c1-6-7(2)15-11(16-12(6)17)9-5-8(14)3-4-10(9)13/h3-5H,1-2H3,(H,15,16,17). The van der Waals surface area contributed by atoms with Crippen molar-refractivity contribution in [2.45, 2.75) is 13.8 Å². The van der Waals surface area contributed by atoms with Crippen LogP contribution in [0.3, 0.4) is 0 Å². The molecule has 0 atom stereocenters. The second-order valence-corrected chi connectivity index (χ2v) is 4.60. The van der Waals surface area contributed by atoms with Gasteiger partial charge in [0.05, 0.1) is 0 Å². The van der Waals surface area contributed by atoms with Crippen LogP contribution in [-0.2, 0) is 0 Å². The molecule has 0 aliphatic carbocycles. The quantitative estimate of drug-likeness (QED) is 0.879. The molecule has 5 heteroatoms. The second kappa shape index (κ2) is 4.41. The summed E-state index contributed by atoms with van der Waals surface area (Å²) in [6.45, 7) is 3.45. The van der Waals surface area contributed by atoms with Crippen molar-refractivity contribution in [2.24, 2.45) is 0 Å². The van der Waals surface area contributed by atoms with Gasteiger partial charge in [-0.2, -0.15) is 0 Å². The Morgan fingerprint density at radius 2 is 2.06 bits per heavy atom. The zero-order valence-corrected chi connectivity index (χ0v) is 10.9. The van der Waals surface area contributed by atoms with Crippen molar-refractivity contribution >= 4 is 15.9 Å². The van der Waals surface area contributed by atoms with Gasteiger partial charge in [0.2, 0.25) is 0 Å². The molecule has 2 aromatic rings. The minimum Gasteiger partial charge on any atom is -0.306 e. The van der Waals surface area contributed by atoms with E-state index in [1.165, 1.54) is 12.1 Å². The molecule has 17 heavy (non-hydrogen) atoms. The summed E-state index contributed by atoms with van der Waals surface area (Å²) in [5.74, 6) is -0.00597. The molecule has 1 N–H and O–H groups in total. The number of hydrogen-bond acceptors (Lipinski definition) is 2. The number of rotatable bonds is 1. The number of nitrogens with one attached hydrogen (secondary N) is 1. The normalized spacial score (nSPS) is 10.6. The van der Waals surface area contributed by atoms with E-state index < -0.39 is 0 Å². The smallest absolute Gasteiger partial charge is 0.254 e. The van der Waals surface area contributed by atoms with Crippen LogP contribution in [-0.4, -0.2) is 9.97 Å². The monoisotopic (exact) mass is 296 g/mol. The molecular weight excluding hydrogens is 287 g/mol. The average molecular weight is 297 g/mol. The Morgan fingerprint density at radius 3 is 2.71 bits per heavy atom. The van der Waals surface area contributed by atoms with Crippen LogP contribution in [0.15, 0.2) is 27.5 Å². The van der Waals surface area contributed by atoms with Crippen molar-refractivity contribution in [1.82, 2.24) is 9.97 Å². The minimum atomic E-state index is -0.371. The van der Waals surface area contributed by atoms with Crippen molar-refractivity contribution < 1.29 is 4.39 Å². The van der Waals surface area contributed by atoms with E-state index in [-0.39, 0.29) is 11.4 Å². The van der Waals surface area contributed by atoms with E-state index >= 15 is 0 Å². The lowest BCUT2D eigenvalue weighted by atomic mass is 10.2. The Balaban J connectivity index is 2.69. The highest BCUT2D eigenvalue weighted by molar-refractivity contribution is 9.10. The fourth-order valence-electron chi connectivity index (χ4n) is 1.45. The van der Waals surface area contributed by atoms with Gasteiger partial charge in [0.15, 0.2) is 0 Å². The van der Waals surface area contributed by atoms with Crippen LogP contribution in [0.4, 0.5) is 4.39 Å². The van der Waals surface area contributed by atoms with Crippen LogP contribution in [0.25, 0.3) is 11.4 Å². The Bertz CT molecular complexity index is 637. The highest BCUT2D eigenvalue weighted by Gasteiger charge is 2.09. The number of H-pyrrole nitrogens is 1. The van der Waals surface area contributed by atoms with E-state index in [0.717, 1.165) is 0 Å². The minimum absolute atomic E-state index is 0.205. The Labute approximate surface area is 106 Å². The molecule has 0 fully saturated rings. The number of hydrogen-bond donors (Lipinski definition) is 1. The molecule has 1 aromatic carbocycles. The van der Waals surface area contributed by atoms with E-state index in [9.17, 15) is 9.18 Å². The molecule has 0 aliphatic rings. The van der Waals surface area contributed by atoms with Crippen molar-refractivity contribution in [3.05, 3.63) is 50.1 Å². The fraction of sp³-hybridized carbons (Fsp3) is 0.167. The summed E-state index contributed by atoms with van der Waals surface area (Å²) in [5.41, 5.74) is 1.54. The van der Waals surface area contributed by atoms with Gasteiger partial charge in [-0.1, -0.05) is 15.9 Å². The molecule has 2 rings (SSSR count). The van der Waals surface area contributed by atoms with E-state index in [1.54, 1.807) is 19.9 Å². The highest BCUT2D eigenvalue weighted by atomic mass is 79.9. The van der Waals surface area contributed by atoms with Crippen molar-refractivity contribution in [3.63, 3.8) is 0 Å². The van der Waals surface area contributed by atoms with Gasteiger partial charge >= 0.3 is 0 Å². The molecule has 0 amide bonds. The molecule has 0 spiro atoms. The van der Waals surface area contributed by atoms with Crippen LogP contribution in [0.2, 0.25) is 0 Å². The van der Waals surface area contributed by atoms with Gasteiger partial charge in [0.1, 0.15) is 11.6 Å². The number of aromatic nitrogens is 2. The first-order valence-electron chi connectivity index (χ1n) is 5.02. The molecule has 1 aromatic heterocycles. The van der Waals surface area contributed by atoms with E-state index in [1.807, 2.05) is 0 Å². The van der Waals surface area contributed by atoms with E-state index in [4.69, 9.17) is 0 Å². The number of halogens is 2. The molecule has 1 heterocycles. The third-order valence-corrected chi connectivity index (χ3v) is 3.27. The van der Waals surface area contributed by atoms with Crippen LogP contribution >= 0.6 is 15.9 Å². The van der Waals surface area contributed by atoms with Crippen molar-refractivity contribution in [3.8, 4) is 11.4 Å². The van der Waals surface area contributed by atoms with Gasteiger partial charge < -0.3 is 4.98 Å². The Kier molecular flexibility index (Phi) is 3.11. The predicted octanol–water partition coefficient (Wildman–Crippen LogP) is 2.96. The molecule has 0 unspecified atom stereocenters. The number of benzene rings is 1. The summed E-state index contributed by atoms with van der Waals surface area (Å²) in [4.78, 5) is 18.5. The molecule has 0 radical (unpaired) electrons. The first-order chi connectivity index (χ1) is 7.99. The first-order valence-corrected chi connectivity index (χ1v) is 5.81. The maximum absolute atomic E-state index is 13.2. The third kappa shape index (κ3) is 2.29. The molecule has 88 valence electrons. The van der Waals surface area contributed by atoms with Gasteiger partial charge in [-0.05, 0) is 32.0 Å². The molecule has 0 aliphatic heterocycles. The highest BCUT2D eigenvalue weighted by Crippen LogP contribution is 2.25. The topological polar surface area (TPSA) is 45.8 Å². The zero-order chi connectivity index (χ0) is 12.6. The fourth-order valence-corrected chi connectivity index (χ4v) is 1.89. The molecule has 0 saturated carbocycles. The zero-order valence-electron chi connectivity index (χ0n) is 9.34. The Hall–Kier alpha value is -1.49. The summed E-state index contributed by atoms with van der Waals surface area (Å²) in [6.07, 6.45) is 0. The van der Waals surface area contributed by atoms with Crippen LogP contribution in [0.5, 0.6) is 0 Å². The summed E-state index contributed by atoms with van der Waals surface area (Å²) in [7, 11) is 0. The Morgan fingerprint density at radius 1 is 1.35 bits per heavy atom. The maximum Gasteiger partial charge on any atom is 0.254 e. The van der Waals surface area contributed by atoms with Gasteiger partial charge in [-0.3, -0.25) is 4.79 Å². The lowest BCUT2D eigenvalue weighted by molar-refractivity contribution is 0.628. The summed E-state index contributed by atoms with van der Waals surface area (Å²) >= 11 is 3.31. The maximum atomic E-state index is 13.2. The summed E-state index contributed by atoms with van der Waals surface area (Å²) < 4.78 is 13.9. The second-order valence-electron chi connectivity index (χ2n) is 3.75. The lowest BCUT2D eigenvalue weighted by Gasteiger charge is -2.06. The lowest BCUT2D eigenvalue weighted by Crippen LogP contribution is -2.14. The molecule has 3 nitrogen and oxygen atoms in total. The number of nitrogens with zero attached hydrogens (tertiary/aromatic N) is 1. The van der Waals surface area contributed by atoms with Gasteiger partial charge in [0, 0.05) is 21.3 Å². The largest absolute Gasteiger partial charge is 0.306 e. The molecule has 0 saturated heterocycles. The SMILES string of the molecule is Cc1nc(-c2cc(F)ccc2Br)[nH]c(=O)c1C. The average Bonchev–Trinajstić information content (AvgIpc) is 2.28. The van der Waals surface area contributed by atoms with Crippen molar-refractivity contribution in [2.75, 3.05) is 0 Å².